The molecule has 0 fully saturated rings. The zero-order chi connectivity index (χ0) is 15.9. The maximum atomic E-state index is 10.8. The Morgan fingerprint density at radius 2 is 1.15 bits per heavy atom. The van der Waals surface area contributed by atoms with Crippen molar-refractivity contribution in [3.8, 4) is 0 Å². The first-order chi connectivity index (χ1) is 9.27. The van der Waals surface area contributed by atoms with E-state index in [1.165, 1.54) is 57.8 Å². The highest BCUT2D eigenvalue weighted by Crippen LogP contribution is 2.25. The summed E-state index contributed by atoms with van der Waals surface area (Å²) in [6, 6.07) is 0. The molecule has 0 spiro atoms. The topological polar surface area (TPSA) is 101 Å². The van der Waals surface area contributed by atoms with Gasteiger partial charge in [0.1, 0.15) is 5.75 Å². The second-order valence-electron chi connectivity index (χ2n) is 4.97. The van der Waals surface area contributed by atoms with E-state index in [1.807, 2.05) is 0 Å². The van der Waals surface area contributed by atoms with E-state index in [2.05, 4.69) is 6.92 Å². The molecule has 1 unspecified atom stereocenters. The van der Waals surface area contributed by atoms with Crippen LogP contribution in [0, 0.1) is 0 Å². The summed E-state index contributed by atoms with van der Waals surface area (Å²) in [4.78, 5) is 21.6. The molecule has 0 radical (unpaired) electrons. The van der Waals surface area contributed by atoms with E-state index < -0.39 is 19.0 Å². The van der Waals surface area contributed by atoms with Gasteiger partial charge in [0.2, 0.25) is 0 Å². The van der Waals surface area contributed by atoms with Crippen LogP contribution in [0.25, 0.3) is 0 Å². The minimum atomic E-state index is -4.64. The molecule has 0 aromatic carbocycles. The molecule has 0 aromatic heterocycles. The van der Waals surface area contributed by atoms with E-state index in [-0.39, 0.29) is 0 Å². The predicted molar refractivity (Wildman–Crippen MR) is 85.0 cm³/mol. The number of unbranched alkanes of at least 4 members (excludes halogenated alkanes) is 9. The SMILES string of the molecule is CCCCCCCCCCCC[S+](C)[O-].O=P(O)(O)O. The minimum absolute atomic E-state index is 0.578. The van der Waals surface area contributed by atoms with Crippen LogP contribution in [0.3, 0.4) is 0 Å². The summed E-state index contributed by atoms with van der Waals surface area (Å²) >= 11 is -0.578. The zero-order valence-corrected chi connectivity index (χ0v) is 14.5. The van der Waals surface area contributed by atoms with Gasteiger partial charge in [-0.1, -0.05) is 69.5 Å². The predicted octanol–water partition coefficient (Wildman–Crippen LogP) is 3.36. The molecule has 7 heteroatoms. The van der Waals surface area contributed by atoms with Gasteiger partial charge in [-0.3, -0.25) is 0 Å². The van der Waals surface area contributed by atoms with Gasteiger partial charge in [-0.15, -0.1) is 0 Å². The van der Waals surface area contributed by atoms with Crippen molar-refractivity contribution < 1.29 is 23.8 Å². The van der Waals surface area contributed by atoms with Crippen molar-refractivity contribution in [1.82, 2.24) is 0 Å². The summed E-state index contributed by atoms with van der Waals surface area (Å²) in [6.07, 6.45) is 15.3. The van der Waals surface area contributed by atoms with Crippen LogP contribution in [0.15, 0.2) is 0 Å². The van der Waals surface area contributed by atoms with Crippen molar-refractivity contribution in [3.05, 3.63) is 0 Å². The van der Waals surface area contributed by atoms with Gasteiger partial charge >= 0.3 is 7.82 Å². The Bertz CT molecular complexity index is 225. The molecule has 20 heavy (non-hydrogen) atoms. The average molecular weight is 330 g/mol. The minimum Gasteiger partial charge on any atom is -0.617 e. The van der Waals surface area contributed by atoms with Gasteiger partial charge in [-0.25, -0.2) is 4.57 Å². The van der Waals surface area contributed by atoms with Gasteiger partial charge in [-0.2, -0.15) is 0 Å². The normalized spacial score (nSPS) is 12.7. The fraction of sp³-hybridized carbons (Fsp3) is 1.00. The molecule has 5 nitrogen and oxygen atoms in total. The average Bonchev–Trinajstić information content (AvgIpc) is 2.29. The van der Waals surface area contributed by atoms with E-state index in [9.17, 15) is 4.55 Å². The standard InChI is InChI=1S/C13H28OS.H3O4P/c1-3-4-5-6-7-8-9-10-11-12-13-15(2)14;1-5(2,3)4/h3-13H2,1-2H3;(H3,1,2,3,4). The Morgan fingerprint density at radius 1 is 0.850 bits per heavy atom. The molecule has 0 aliphatic carbocycles. The summed E-state index contributed by atoms with van der Waals surface area (Å²) in [5.74, 6) is 0.899. The maximum Gasteiger partial charge on any atom is 0.466 e. The van der Waals surface area contributed by atoms with Crippen molar-refractivity contribution in [2.75, 3.05) is 12.0 Å². The van der Waals surface area contributed by atoms with E-state index in [0.717, 1.165) is 12.2 Å². The van der Waals surface area contributed by atoms with E-state index in [0.29, 0.717) is 0 Å². The molecule has 0 aliphatic heterocycles. The second kappa shape index (κ2) is 15.8. The summed E-state index contributed by atoms with van der Waals surface area (Å²) in [6.45, 7) is 2.26. The van der Waals surface area contributed by atoms with Gasteiger partial charge in [-0.05, 0) is 12.8 Å². The smallest absolute Gasteiger partial charge is 0.466 e. The summed E-state index contributed by atoms with van der Waals surface area (Å²) in [5, 5.41) is 0. The van der Waals surface area contributed by atoms with Crippen molar-refractivity contribution in [2.45, 2.75) is 71.1 Å². The highest BCUT2D eigenvalue weighted by Gasteiger charge is 2.00. The second-order valence-corrected chi connectivity index (χ2v) is 7.55. The molecule has 0 heterocycles. The molecule has 0 saturated carbocycles. The van der Waals surface area contributed by atoms with Crippen LogP contribution < -0.4 is 0 Å². The number of hydrogen-bond donors (Lipinski definition) is 3. The Morgan fingerprint density at radius 3 is 1.45 bits per heavy atom. The van der Waals surface area contributed by atoms with E-state index in [4.69, 9.17) is 19.2 Å². The third-order valence-electron chi connectivity index (χ3n) is 2.79. The summed E-state index contributed by atoms with van der Waals surface area (Å²) in [5.41, 5.74) is 0. The first kappa shape index (κ1) is 22.7. The van der Waals surface area contributed by atoms with Crippen molar-refractivity contribution in [2.24, 2.45) is 0 Å². The molecule has 0 amide bonds. The van der Waals surface area contributed by atoms with Crippen LogP contribution in [0.2, 0.25) is 0 Å². The summed E-state index contributed by atoms with van der Waals surface area (Å²) in [7, 11) is -4.64. The summed E-state index contributed by atoms with van der Waals surface area (Å²) < 4.78 is 19.7. The molecule has 124 valence electrons. The lowest BCUT2D eigenvalue weighted by molar-refractivity contribution is 0.275. The lowest BCUT2D eigenvalue weighted by atomic mass is 10.1. The van der Waals surface area contributed by atoms with Crippen LogP contribution in [0.4, 0.5) is 0 Å². The molecule has 3 N–H and O–H groups in total. The highest BCUT2D eigenvalue weighted by atomic mass is 32.2. The van der Waals surface area contributed by atoms with Crippen LogP contribution >= 0.6 is 7.82 Å². The Kier molecular flexibility index (Phi) is 17.9. The molecular weight excluding hydrogens is 299 g/mol. The van der Waals surface area contributed by atoms with Gasteiger partial charge in [0.05, 0.1) is 6.26 Å². The zero-order valence-electron chi connectivity index (χ0n) is 12.8. The maximum absolute atomic E-state index is 10.8. The first-order valence-corrected chi connectivity index (χ1v) is 10.6. The van der Waals surface area contributed by atoms with Gasteiger partial charge in [0.25, 0.3) is 0 Å². The van der Waals surface area contributed by atoms with Crippen molar-refractivity contribution in [3.63, 3.8) is 0 Å². The lowest BCUT2D eigenvalue weighted by Gasteiger charge is -2.04. The van der Waals surface area contributed by atoms with Crippen LogP contribution in [-0.2, 0) is 15.7 Å². The van der Waals surface area contributed by atoms with Crippen molar-refractivity contribution in [1.29, 1.82) is 0 Å². The molecule has 0 rings (SSSR count). The third kappa shape index (κ3) is 36.2. The van der Waals surface area contributed by atoms with E-state index >= 15 is 0 Å². The number of rotatable bonds is 11. The quantitative estimate of drug-likeness (QED) is 0.306. The van der Waals surface area contributed by atoms with Crippen molar-refractivity contribution >= 4 is 19.0 Å². The highest BCUT2D eigenvalue weighted by molar-refractivity contribution is 7.90. The van der Waals surface area contributed by atoms with Crippen LogP contribution in [0.5, 0.6) is 0 Å². The van der Waals surface area contributed by atoms with E-state index in [1.54, 1.807) is 6.26 Å². The molecule has 1 atom stereocenters. The van der Waals surface area contributed by atoms with Crippen LogP contribution in [-0.4, -0.2) is 31.2 Å². The molecule has 0 aliphatic rings. The molecular formula is C13H31O5PS. The van der Waals surface area contributed by atoms with Gasteiger partial charge in [0, 0.05) is 0 Å². The Balaban J connectivity index is 0. The van der Waals surface area contributed by atoms with Crippen LogP contribution in [0.1, 0.15) is 71.1 Å². The third-order valence-corrected chi connectivity index (χ3v) is 3.65. The fourth-order valence-corrected chi connectivity index (χ4v) is 2.40. The molecule has 0 saturated heterocycles. The van der Waals surface area contributed by atoms with Gasteiger partial charge in [0.15, 0.2) is 0 Å². The van der Waals surface area contributed by atoms with Gasteiger partial charge < -0.3 is 19.2 Å². The lowest BCUT2D eigenvalue weighted by Crippen LogP contribution is -2.02. The molecule has 0 aromatic rings. The number of hydrogen-bond acceptors (Lipinski definition) is 2. The first-order valence-electron chi connectivity index (χ1n) is 7.35. The Labute approximate surface area is 126 Å². The largest absolute Gasteiger partial charge is 0.617 e. The Hall–Kier alpha value is 0.420. The molecule has 0 bridgehead atoms. The fourth-order valence-electron chi connectivity index (χ4n) is 1.79. The monoisotopic (exact) mass is 330 g/mol. The number of phosphoric acid groups is 1.